The van der Waals surface area contributed by atoms with Crippen LogP contribution in [0.25, 0.3) is 0 Å². The molecule has 0 rings (SSSR count). The molecule has 1 atom stereocenters. The van der Waals surface area contributed by atoms with Gasteiger partial charge in [0.15, 0.2) is 0 Å². The summed E-state index contributed by atoms with van der Waals surface area (Å²) in [4.78, 5) is 21.6. The van der Waals surface area contributed by atoms with Crippen molar-refractivity contribution < 1.29 is 19.1 Å². The zero-order valence-electron chi connectivity index (χ0n) is 7.42. The first kappa shape index (κ1) is 10.9. The quantitative estimate of drug-likeness (QED) is 0.669. The van der Waals surface area contributed by atoms with Gasteiger partial charge in [-0.2, -0.15) is 0 Å². The molecule has 12 heavy (non-hydrogen) atoms. The Balaban J connectivity index is 3.76. The van der Waals surface area contributed by atoms with Crippen LogP contribution in [0.3, 0.4) is 0 Å². The maximum atomic E-state index is 10.9. The fraction of sp³-hybridized carbons (Fsp3) is 0.714. The minimum Gasteiger partial charge on any atom is -0.450 e. The van der Waals surface area contributed by atoms with Crippen LogP contribution in [0.2, 0.25) is 0 Å². The average Bonchev–Trinajstić information content (AvgIpc) is 2.03. The van der Waals surface area contributed by atoms with Gasteiger partial charge in [0.1, 0.15) is 6.10 Å². The van der Waals surface area contributed by atoms with E-state index in [1.165, 1.54) is 14.0 Å². The lowest BCUT2D eigenvalue weighted by atomic mass is 10.4. The van der Waals surface area contributed by atoms with Gasteiger partial charge in [0, 0.05) is 7.11 Å². The maximum absolute atomic E-state index is 10.9. The standard InChI is InChI=1S/C7H13NO4/c1-4-12-7(10)8-6(9)5(2)11-3/h5H,4H2,1-3H3,(H,8,9,10). The van der Waals surface area contributed by atoms with Gasteiger partial charge in [-0.1, -0.05) is 0 Å². The fourth-order valence-electron chi connectivity index (χ4n) is 0.476. The first-order valence-electron chi connectivity index (χ1n) is 3.62. The summed E-state index contributed by atoms with van der Waals surface area (Å²) in [7, 11) is 1.38. The molecule has 0 aromatic rings. The number of ether oxygens (including phenoxy) is 2. The Labute approximate surface area is 71.0 Å². The number of carbonyl (C=O) groups is 2. The van der Waals surface area contributed by atoms with Crippen LogP contribution in [0.15, 0.2) is 0 Å². The summed E-state index contributed by atoms with van der Waals surface area (Å²) in [5.74, 6) is -0.504. The predicted octanol–water partition coefficient (Wildman–Crippen LogP) is 0.294. The van der Waals surface area contributed by atoms with Crippen LogP contribution in [-0.4, -0.2) is 31.8 Å². The van der Waals surface area contributed by atoms with E-state index in [9.17, 15) is 9.59 Å². The van der Waals surface area contributed by atoms with Crippen LogP contribution in [0.4, 0.5) is 4.79 Å². The van der Waals surface area contributed by atoms with Crippen molar-refractivity contribution in [3.63, 3.8) is 0 Å². The molecule has 0 aliphatic heterocycles. The molecule has 0 aliphatic rings. The average molecular weight is 175 g/mol. The Bertz CT molecular complexity index is 169. The van der Waals surface area contributed by atoms with Gasteiger partial charge in [0.25, 0.3) is 5.91 Å². The number of rotatable bonds is 3. The Morgan fingerprint density at radius 2 is 2.08 bits per heavy atom. The predicted molar refractivity (Wildman–Crippen MR) is 41.6 cm³/mol. The van der Waals surface area contributed by atoms with Crippen LogP contribution < -0.4 is 5.32 Å². The van der Waals surface area contributed by atoms with Gasteiger partial charge in [-0.3, -0.25) is 10.1 Å². The molecular formula is C7H13NO4. The largest absolute Gasteiger partial charge is 0.450 e. The first-order chi connectivity index (χ1) is 5.61. The molecule has 0 saturated heterocycles. The van der Waals surface area contributed by atoms with Gasteiger partial charge >= 0.3 is 6.09 Å². The molecule has 0 heterocycles. The van der Waals surface area contributed by atoms with Crippen LogP contribution in [0, 0.1) is 0 Å². The van der Waals surface area contributed by atoms with Gasteiger partial charge in [-0.05, 0) is 13.8 Å². The molecule has 0 aliphatic carbocycles. The SMILES string of the molecule is CCOC(=O)NC(=O)C(C)OC. The summed E-state index contributed by atoms with van der Waals surface area (Å²) < 4.78 is 9.15. The highest BCUT2D eigenvalue weighted by Gasteiger charge is 2.14. The number of imide groups is 1. The second-order valence-electron chi connectivity index (χ2n) is 2.09. The topological polar surface area (TPSA) is 64.6 Å². The number of hydrogen-bond acceptors (Lipinski definition) is 4. The summed E-state index contributed by atoms with van der Waals surface area (Å²) in [6.07, 6.45) is -1.39. The molecular weight excluding hydrogens is 162 g/mol. The Morgan fingerprint density at radius 1 is 1.50 bits per heavy atom. The summed E-state index contributed by atoms with van der Waals surface area (Å²) >= 11 is 0. The molecule has 0 aromatic carbocycles. The van der Waals surface area contributed by atoms with Crippen LogP contribution in [0.1, 0.15) is 13.8 Å². The lowest BCUT2D eigenvalue weighted by molar-refractivity contribution is -0.129. The van der Waals surface area contributed by atoms with Gasteiger partial charge in [0.05, 0.1) is 6.61 Å². The van der Waals surface area contributed by atoms with Gasteiger partial charge in [-0.15, -0.1) is 0 Å². The molecule has 70 valence electrons. The van der Waals surface area contributed by atoms with Crippen molar-refractivity contribution in [3.8, 4) is 0 Å². The normalized spacial score (nSPS) is 11.9. The highest BCUT2D eigenvalue weighted by Crippen LogP contribution is 1.87. The lowest BCUT2D eigenvalue weighted by Gasteiger charge is -2.08. The Kier molecular flexibility index (Phi) is 5.03. The minimum absolute atomic E-state index is 0.237. The molecule has 0 saturated carbocycles. The van der Waals surface area contributed by atoms with E-state index in [1.807, 2.05) is 5.32 Å². The molecule has 0 aromatic heterocycles. The lowest BCUT2D eigenvalue weighted by Crippen LogP contribution is -2.38. The highest BCUT2D eigenvalue weighted by molar-refractivity contribution is 5.94. The van der Waals surface area contributed by atoms with Crippen molar-refractivity contribution in [3.05, 3.63) is 0 Å². The van der Waals surface area contributed by atoms with E-state index in [2.05, 4.69) is 9.47 Å². The molecule has 1 N–H and O–H groups in total. The Morgan fingerprint density at radius 3 is 2.50 bits per heavy atom. The smallest absolute Gasteiger partial charge is 0.413 e. The molecule has 5 nitrogen and oxygen atoms in total. The Hall–Kier alpha value is -1.10. The van der Waals surface area contributed by atoms with Crippen molar-refractivity contribution in [1.29, 1.82) is 0 Å². The van der Waals surface area contributed by atoms with E-state index >= 15 is 0 Å². The third-order valence-corrected chi connectivity index (χ3v) is 1.22. The first-order valence-corrected chi connectivity index (χ1v) is 3.62. The van der Waals surface area contributed by atoms with Crippen molar-refractivity contribution in [2.45, 2.75) is 20.0 Å². The van der Waals surface area contributed by atoms with Gasteiger partial charge in [0.2, 0.25) is 0 Å². The van der Waals surface area contributed by atoms with E-state index < -0.39 is 18.1 Å². The molecule has 0 bridgehead atoms. The summed E-state index contributed by atoms with van der Waals surface area (Å²) in [6, 6.07) is 0. The van der Waals surface area contributed by atoms with Crippen LogP contribution in [-0.2, 0) is 14.3 Å². The molecule has 1 unspecified atom stereocenters. The number of methoxy groups -OCH3 is 1. The number of amides is 2. The zero-order valence-corrected chi connectivity index (χ0v) is 7.42. The maximum Gasteiger partial charge on any atom is 0.413 e. The van der Waals surface area contributed by atoms with E-state index in [1.54, 1.807) is 6.92 Å². The molecule has 5 heteroatoms. The van der Waals surface area contributed by atoms with E-state index in [-0.39, 0.29) is 6.61 Å². The van der Waals surface area contributed by atoms with Crippen molar-refractivity contribution in [1.82, 2.24) is 5.32 Å². The third kappa shape index (κ3) is 3.92. The number of carbonyl (C=O) groups excluding carboxylic acids is 2. The van der Waals surface area contributed by atoms with Gasteiger partial charge < -0.3 is 9.47 Å². The van der Waals surface area contributed by atoms with Crippen molar-refractivity contribution in [2.24, 2.45) is 0 Å². The molecule has 0 spiro atoms. The second-order valence-corrected chi connectivity index (χ2v) is 2.09. The van der Waals surface area contributed by atoms with E-state index in [0.717, 1.165) is 0 Å². The second kappa shape index (κ2) is 5.54. The number of hydrogen-bond donors (Lipinski definition) is 1. The van der Waals surface area contributed by atoms with Crippen molar-refractivity contribution in [2.75, 3.05) is 13.7 Å². The number of alkyl carbamates (subject to hydrolysis) is 1. The van der Waals surface area contributed by atoms with Crippen molar-refractivity contribution >= 4 is 12.0 Å². The summed E-state index contributed by atoms with van der Waals surface area (Å²) in [6.45, 7) is 3.43. The summed E-state index contributed by atoms with van der Waals surface area (Å²) in [5.41, 5.74) is 0. The minimum atomic E-state index is -0.744. The van der Waals surface area contributed by atoms with Gasteiger partial charge in [-0.25, -0.2) is 4.79 Å². The number of nitrogens with one attached hydrogen (secondary N) is 1. The monoisotopic (exact) mass is 175 g/mol. The van der Waals surface area contributed by atoms with Crippen LogP contribution >= 0.6 is 0 Å². The molecule has 2 amide bonds. The molecule has 0 fully saturated rings. The van der Waals surface area contributed by atoms with E-state index in [0.29, 0.717) is 0 Å². The summed E-state index contributed by atoms with van der Waals surface area (Å²) in [5, 5.41) is 2.01. The van der Waals surface area contributed by atoms with Crippen LogP contribution in [0.5, 0.6) is 0 Å². The zero-order chi connectivity index (χ0) is 9.56. The van der Waals surface area contributed by atoms with E-state index in [4.69, 9.17) is 0 Å². The fourth-order valence-corrected chi connectivity index (χ4v) is 0.476. The molecule has 0 radical (unpaired) electrons. The third-order valence-electron chi connectivity index (χ3n) is 1.22. The highest BCUT2D eigenvalue weighted by atomic mass is 16.5.